The van der Waals surface area contributed by atoms with E-state index in [0.29, 0.717) is 25.2 Å². The van der Waals surface area contributed by atoms with Crippen molar-refractivity contribution in [2.24, 2.45) is 0 Å². The minimum atomic E-state index is -0.820. The highest BCUT2D eigenvalue weighted by atomic mass is 19.1. The molecule has 1 saturated heterocycles. The van der Waals surface area contributed by atoms with Crippen molar-refractivity contribution in [1.29, 1.82) is 0 Å². The minimum absolute atomic E-state index is 0.00541. The van der Waals surface area contributed by atoms with E-state index in [9.17, 15) is 9.18 Å². The Morgan fingerprint density at radius 2 is 2.29 bits per heavy atom. The number of carbonyl (C=O) groups excluding carboxylic acids is 1. The fourth-order valence-corrected chi connectivity index (χ4v) is 2.34. The second-order valence-corrected chi connectivity index (χ2v) is 5.07. The van der Waals surface area contributed by atoms with E-state index < -0.39 is 6.17 Å². The SMILES string of the molecule is O=C(NC[C@@H]1C[C@H](F)CN1)c1ccc(-c2cn[nH]c2)cn1. The number of alkyl halides is 1. The van der Waals surface area contributed by atoms with Gasteiger partial charge in [-0.1, -0.05) is 6.07 Å². The molecule has 1 aliphatic heterocycles. The first-order valence-corrected chi connectivity index (χ1v) is 6.83. The lowest BCUT2D eigenvalue weighted by Crippen LogP contribution is -2.37. The van der Waals surface area contributed by atoms with Crippen molar-refractivity contribution >= 4 is 5.91 Å². The Kier molecular flexibility index (Phi) is 3.92. The van der Waals surface area contributed by atoms with Gasteiger partial charge in [0.1, 0.15) is 11.9 Å². The number of halogens is 1. The molecule has 0 radical (unpaired) electrons. The molecule has 6 nitrogen and oxygen atoms in total. The van der Waals surface area contributed by atoms with Crippen LogP contribution < -0.4 is 10.6 Å². The molecule has 21 heavy (non-hydrogen) atoms. The third-order valence-electron chi connectivity index (χ3n) is 3.50. The van der Waals surface area contributed by atoms with Crippen LogP contribution in [0.2, 0.25) is 0 Å². The summed E-state index contributed by atoms with van der Waals surface area (Å²) in [5.41, 5.74) is 2.15. The normalized spacial score (nSPS) is 21.4. The van der Waals surface area contributed by atoms with Crippen molar-refractivity contribution in [3.63, 3.8) is 0 Å². The maximum atomic E-state index is 13.0. The third kappa shape index (κ3) is 3.25. The number of rotatable bonds is 4. The average Bonchev–Trinajstić information content (AvgIpc) is 3.16. The molecule has 2 aromatic heterocycles. The molecule has 2 aromatic rings. The number of pyridine rings is 1. The van der Waals surface area contributed by atoms with Crippen LogP contribution in [0.25, 0.3) is 11.1 Å². The Balaban J connectivity index is 1.57. The number of aromatic nitrogens is 3. The van der Waals surface area contributed by atoms with E-state index in [4.69, 9.17) is 0 Å². The maximum absolute atomic E-state index is 13.0. The highest BCUT2D eigenvalue weighted by Gasteiger charge is 2.23. The molecule has 0 saturated carbocycles. The predicted molar refractivity (Wildman–Crippen MR) is 75.5 cm³/mol. The Morgan fingerprint density at radius 3 is 2.90 bits per heavy atom. The van der Waals surface area contributed by atoms with Crippen molar-refractivity contribution in [1.82, 2.24) is 25.8 Å². The van der Waals surface area contributed by atoms with E-state index in [2.05, 4.69) is 25.8 Å². The van der Waals surface area contributed by atoms with Crippen molar-refractivity contribution in [2.75, 3.05) is 13.1 Å². The van der Waals surface area contributed by atoms with Gasteiger partial charge in [0, 0.05) is 42.7 Å². The second-order valence-electron chi connectivity index (χ2n) is 5.07. The fraction of sp³-hybridized carbons (Fsp3) is 0.357. The molecule has 0 aliphatic carbocycles. The van der Waals surface area contributed by atoms with Gasteiger partial charge in [-0.25, -0.2) is 4.39 Å². The van der Waals surface area contributed by atoms with Gasteiger partial charge >= 0.3 is 0 Å². The average molecular weight is 289 g/mol. The van der Waals surface area contributed by atoms with Gasteiger partial charge in [0.05, 0.1) is 6.20 Å². The smallest absolute Gasteiger partial charge is 0.269 e. The molecular formula is C14H16FN5O. The first-order valence-electron chi connectivity index (χ1n) is 6.83. The molecule has 1 aliphatic rings. The van der Waals surface area contributed by atoms with Crippen LogP contribution in [0.3, 0.4) is 0 Å². The molecule has 110 valence electrons. The number of aromatic amines is 1. The summed E-state index contributed by atoms with van der Waals surface area (Å²) in [4.78, 5) is 16.1. The van der Waals surface area contributed by atoms with Crippen LogP contribution in [0.1, 0.15) is 16.9 Å². The van der Waals surface area contributed by atoms with Gasteiger partial charge < -0.3 is 10.6 Å². The number of nitrogens with zero attached hydrogens (tertiary/aromatic N) is 2. The molecule has 2 atom stereocenters. The Morgan fingerprint density at radius 1 is 1.38 bits per heavy atom. The van der Waals surface area contributed by atoms with E-state index in [1.54, 1.807) is 24.7 Å². The summed E-state index contributed by atoms with van der Waals surface area (Å²) < 4.78 is 13.0. The monoisotopic (exact) mass is 289 g/mol. The molecule has 0 bridgehead atoms. The van der Waals surface area contributed by atoms with E-state index in [0.717, 1.165) is 11.1 Å². The molecule has 0 aromatic carbocycles. The van der Waals surface area contributed by atoms with E-state index >= 15 is 0 Å². The summed E-state index contributed by atoms with van der Waals surface area (Å²) in [5.74, 6) is -0.252. The zero-order valence-electron chi connectivity index (χ0n) is 11.3. The summed E-state index contributed by atoms with van der Waals surface area (Å²) in [6, 6.07) is 3.48. The van der Waals surface area contributed by atoms with Gasteiger partial charge in [-0.15, -0.1) is 0 Å². The largest absolute Gasteiger partial charge is 0.349 e. The Bertz CT molecular complexity index is 598. The lowest BCUT2D eigenvalue weighted by molar-refractivity contribution is 0.0945. The summed E-state index contributed by atoms with van der Waals surface area (Å²) in [5, 5.41) is 12.4. The molecule has 7 heteroatoms. The van der Waals surface area contributed by atoms with Crippen molar-refractivity contribution in [3.05, 3.63) is 36.4 Å². The van der Waals surface area contributed by atoms with Crippen LogP contribution in [-0.2, 0) is 0 Å². The van der Waals surface area contributed by atoms with Crippen LogP contribution in [-0.4, -0.2) is 46.4 Å². The summed E-state index contributed by atoms with van der Waals surface area (Å²) in [6.45, 7) is 0.766. The van der Waals surface area contributed by atoms with Gasteiger partial charge in [0.25, 0.3) is 5.91 Å². The lowest BCUT2D eigenvalue weighted by atomic mass is 10.1. The Hall–Kier alpha value is -2.28. The third-order valence-corrected chi connectivity index (χ3v) is 3.50. The number of nitrogens with one attached hydrogen (secondary N) is 3. The van der Waals surface area contributed by atoms with Crippen molar-refractivity contribution in [2.45, 2.75) is 18.6 Å². The van der Waals surface area contributed by atoms with E-state index in [1.807, 2.05) is 6.07 Å². The number of H-pyrrole nitrogens is 1. The molecule has 3 heterocycles. The number of carbonyl (C=O) groups is 1. The van der Waals surface area contributed by atoms with Crippen LogP contribution in [0, 0.1) is 0 Å². The topological polar surface area (TPSA) is 82.7 Å². The zero-order chi connectivity index (χ0) is 14.7. The predicted octanol–water partition coefficient (Wildman–Crippen LogP) is 0.901. The van der Waals surface area contributed by atoms with Gasteiger partial charge in [0.2, 0.25) is 0 Å². The quantitative estimate of drug-likeness (QED) is 0.781. The van der Waals surface area contributed by atoms with Gasteiger partial charge in [-0.05, 0) is 12.5 Å². The van der Waals surface area contributed by atoms with Crippen LogP contribution in [0.5, 0.6) is 0 Å². The highest BCUT2D eigenvalue weighted by Crippen LogP contribution is 2.16. The molecule has 3 N–H and O–H groups in total. The van der Waals surface area contributed by atoms with Crippen molar-refractivity contribution in [3.8, 4) is 11.1 Å². The molecular weight excluding hydrogens is 273 g/mol. The zero-order valence-corrected chi connectivity index (χ0v) is 11.3. The summed E-state index contributed by atoms with van der Waals surface area (Å²) in [6.07, 6.45) is 4.70. The highest BCUT2D eigenvalue weighted by molar-refractivity contribution is 5.92. The van der Waals surface area contributed by atoms with Crippen LogP contribution in [0.15, 0.2) is 30.7 Å². The number of hydrogen-bond acceptors (Lipinski definition) is 4. The maximum Gasteiger partial charge on any atom is 0.269 e. The van der Waals surface area contributed by atoms with Crippen molar-refractivity contribution < 1.29 is 9.18 Å². The molecule has 0 unspecified atom stereocenters. The van der Waals surface area contributed by atoms with E-state index in [-0.39, 0.29) is 11.9 Å². The van der Waals surface area contributed by atoms with Crippen LogP contribution >= 0.6 is 0 Å². The second kappa shape index (κ2) is 6.01. The standard InChI is InChI=1S/C14H16FN5O/c15-11-3-12(16-7-11)8-18-14(21)13-2-1-9(4-17-13)10-5-19-20-6-10/h1-2,4-6,11-12,16H,3,7-8H2,(H,18,21)(H,19,20)/t11-,12-/m0/s1. The van der Waals surface area contributed by atoms with E-state index in [1.165, 1.54) is 0 Å². The number of amides is 1. The van der Waals surface area contributed by atoms with Gasteiger partial charge in [0.15, 0.2) is 0 Å². The lowest BCUT2D eigenvalue weighted by Gasteiger charge is -2.11. The van der Waals surface area contributed by atoms with Gasteiger partial charge in [-0.2, -0.15) is 5.10 Å². The Labute approximate surface area is 121 Å². The molecule has 1 amide bonds. The number of hydrogen-bond donors (Lipinski definition) is 3. The molecule has 3 rings (SSSR count). The van der Waals surface area contributed by atoms with Crippen LogP contribution in [0.4, 0.5) is 4.39 Å². The minimum Gasteiger partial charge on any atom is -0.349 e. The molecule has 1 fully saturated rings. The fourth-order valence-electron chi connectivity index (χ4n) is 2.34. The first-order chi connectivity index (χ1) is 10.2. The summed E-state index contributed by atoms with van der Waals surface area (Å²) in [7, 11) is 0. The first kappa shape index (κ1) is 13.7. The molecule has 0 spiro atoms. The summed E-state index contributed by atoms with van der Waals surface area (Å²) >= 11 is 0. The van der Waals surface area contributed by atoms with Gasteiger partial charge in [-0.3, -0.25) is 14.9 Å².